The first-order chi connectivity index (χ1) is 11.8. The minimum Gasteiger partial charge on any atom is -0.333 e. The molecule has 1 saturated heterocycles. The van der Waals surface area contributed by atoms with Gasteiger partial charge in [0.25, 0.3) is 5.91 Å². The molecule has 1 amide bonds. The predicted octanol–water partition coefficient (Wildman–Crippen LogP) is 2.28. The van der Waals surface area contributed by atoms with Crippen LogP contribution in [0.4, 0.5) is 0 Å². The average molecular weight is 341 g/mol. The number of fused-ring (bicyclic) bond motifs is 1. The van der Waals surface area contributed by atoms with E-state index in [-0.39, 0.29) is 11.9 Å². The lowest BCUT2D eigenvalue weighted by Crippen LogP contribution is -2.53. The molecule has 0 saturated carbocycles. The van der Waals surface area contributed by atoms with Crippen LogP contribution in [-0.2, 0) is 0 Å². The molecule has 6 nitrogen and oxygen atoms in total. The number of hydrogen-bond donors (Lipinski definition) is 1. The summed E-state index contributed by atoms with van der Waals surface area (Å²) in [6, 6.07) is 6.21. The smallest absolute Gasteiger partial charge is 0.259 e. The molecule has 1 aliphatic heterocycles. The van der Waals surface area contributed by atoms with Gasteiger partial charge >= 0.3 is 0 Å². The number of thiophene rings is 1. The van der Waals surface area contributed by atoms with Gasteiger partial charge in [-0.25, -0.2) is 9.50 Å². The van der Waals surface area contributed by atoms with Crippen molar-refractivity contribution in [3.63, 3.8) is 0 Å². The summed E-state index contributed by atoms with van der Waals surface area (Å²) in [6.45, 7) is 4.51. The predicted molar refractivity (Wildman–Crippen MR) is 94.3 cm³/mol. The third-order valence-corrected chi connectivity index (χ3v) is 5.38. The van der Waals surface area contributed by atoms with Crippen LogP contribution in [0.15, 0.2) is 36.0 Å². The van der Waals surface area contributed by atoms with Gasteiger partial charge in [0.05, 0.1) is 16.8 Å². The molecule has 7 heteroatoms. The van der Waals surface area contributed by atoms with E-state index in [1.165, 1.54) is 0 Å². The zero-order chi connectivity index (χ0) is 16.5. The van der Waals surface area contributed by atoms with E-state index in [4.69, 9.17) is 0 Å². The number of carbonyl (C=O) groups is 1. The highest BCUT2D eigenvalue weighted by Crippen LogP contribution is 2.26. The summed E-state index contributed by atoms with van der Waals surface area (Å²) < 4.78 is 1.77. The van der Waals surface area contributed by atoms with Crippen LogP contribution in [0.2, 0.25) is 0 Å². The summed E-state index contributed by atoms with van der Waals surface area (Å²) in [6.07, 6.45) is 4.33. The Labute approximate surface area is 144 Å². The number of piperazine rings is 1. The molecule has 0 bridgehead atoms. The Hall–Kier alpha value is -2.25. The lowest BCUT2D eigenvalue weighted by Gasteiger charge is -2.35. The molecule has 0 aromatic carbocycles. The van der Waals surface area contributed by atoms with Gasteiger partial charge in [0.2, 0.25) is 0 Å². The monoisotopic (exact) mass is 341 g/mol. The van der Waals surface area contributed by atoms with Crippen molar-refractivity contribution in [3.05, 3.63) is 41.5 Å². The van der Waals surface area contributed by atoms with Crippen molar-refractivity contribution >= 4 is 22.9 Å². The average Bonchev–Trinajstić information content (AvgIpc) is 3.30. The first-order valence-electron chi connectivity index (χ1n) is 8.18. The van der Waals surface area contributed by atoms with Gasteiger partial charge in [-0.3, -0.25) is 4.79 Å². The molecular weight excluding hydrogens is 322 g/mol. The molecule has 0 aliphatic carbocycles. The van der Waals surface area contributed by atoms with E-state index >= 15 is 0 Å². The Morgan fingerprint density at radius 2 is 2.38 bits per heavy atom. The summed E-state index contributed by atoms with van der Waals surface area (Å²) in [5.74, 6) is 0.0224. The number of rotatable bonds is 3. The Balaban J connectivity index is 1.75. The number of carbonyl (C=O) groups excluding carboxylic acids is 1. The van der Waals surface area contributed by atoms with E-state index in [1.54, 1.807) is 28.2 Å². The van der Waals surface area contributed by atoms with Crippen molar-refractivity contribution in [2.24, 2.45) is 0 Å². The maximum Gasteiger partial charge on any atom is 0.259 e. The van der Waals surface area contributed by atoms with Crippen LogP contribution in [0.1, 0.15) is 23.7 Å². The first-order valence-corrected chi connectivity index (χ1v) is 9.06. The fourth-order valence-corrected chi connectivity index (χ4v) is 3.94. The summed E-state index contributed by atoms with van der Waals surface area (Å²) in [7, 11) is 0. The molecule has 1 fully saturated rings. The van der Waals surface area contributed by atoms with Gasteiger partial charge in [-0.05, 0) is 23.9 Å². The van der Waals surface area contributed by atoms with E-state index in [9.17, 15) is 4.79 Å². The van der Waals surface area contributed by atoms with E-state index in [1.807, 2.05) is 28.5 Å². The number of hydrogen-bond acceptors (Lipinski definition) is 5. The molecule has 4 heterocycles. The Kier molecular flexibility index (Phi) is 4.03. The summed E-state index contributed by atoms with van der Waals surface area (Å²) in [4.78, 5) is 20.5. The van der Waals surface area contributed by atoms with Crippen LogP contribution in [0.5, 0.6) is 0 Å². The lowest BCUT2D eigenvalue weighted by atomic mass is 10.1. The molecular formula is C17H19N5OS. The molecule has 3 aromatic heterocycles. The van der Waals surface area contributed by atoms with Gasteiger partial charge in [0, 0.05) is 31.9 Å². The van der Waals surface area contributed by atoms with E-state index in [0.29, 0.717) is 11.2 Å². The van der Waals surface area contributed by atoms with Gasteiger partial charge in [-0.15, -0.1) is 11.3 Å². The van der Waals surface area contributed by atoms with Crippen LogP contribution < -0.4 is 5.32 Å². The molecule has 4 rings (SSSR count). The number of nitrogens with one attached hydrogen (secondary N) is 1. The summed E-state index contributed by atoms with van der Waals surface area (Å²) >= 11 is 1.65. The molecule has 24 heavy (non-hydrogen) atoms. The molecule has 124 valence electrons. The van der Waals surface area contributed by atoms with E-state index in [2.05, 4.69) is 22.3 Å². The Morgan fingerprint density at radius 1 is 1.46 bits per heavy atom. The number of aromatic nitrogens is 3. The minimum atomic E-state index is 0.0224. The second kappa shape index (κ2) is 6.33. The normalized spacial score (nSPS) is 18.2. The standard InChI is InChI=1S/C17H19N5OS/c1-2-12-10-18-7-8-21(12)17(23)13-11-20-22-14(5-6-19-16(13)22)15-4-3-9-24-15/h3-6,9,11-12,18H,2,7-8,10H2,1H3. The third kappa shape index (κ3) is 2.50. The second-order valence-electron chi connectivity index (χ2n) is 5.87. The molecule has 1 unspecified atom stereocenters. The van der Waals surface area contributed by atoms with Crippen LogP contribution in [0.25, 0.3) is 16.2 Å². The van der Waals surface area contributed by atoms with Crippen molar-refractivity contribution in [3.8, 4) is 10.6 Å². The van der Waals surface area contributed by atoms with Crippen molar-refractivity contribution in [2.45, 2.75) is 19.4 Å². The van der Waals surface area contributed by atoms with Crippen molar-refractivity contribution < 1.29 is 4.79 Å². The highest BCUT2D eigenvalue weighted by atomic mass is 32.1. The largest absolute Gasteiger partial charge is 0.333 e. The van der Waals surface area contributed by atoms with E-state index in [0.717, 1.165) is 36.6 Å². The van der Waals surface area contributed by atoms with Gasteiger partial charge in [0.15, 0.2) is 5.65 Å². The van der Waals surface area contributed by atoms with Gasteiger partial charge in [-0.1, -0.05) is 13.0 Å². The van der Waals surface area contributed by atoms with E-state index < -0.39 is 0 Å². The highest BCUT2D eigenvalue weighted by molar-refractivity contribution is 7.13. The maximum atomic E-state index is 13.0. The van der Waals surface area contributed by atoms with Crippen LogP contribution in [0, 0.1) is 0 Å². The maximum absolute atomic E-state index is 13.0. The molecule has 3 aromatic rings. The van der Waals surface area contributed by atoms with Crippen LogP contribution in [0.3, 0.4) is 0 Å². The van der Waals surface area contributed by atoms with Gasteiger partial charge in [0.1, 0.15) is 5.56 Å². The third-order valence-electron chi connectivity index (χ3n) is 4.49. The number of nitrogens with zero attached hydrogens (tertiary/aromatic N) is 4. The Morgan fingerprint density at radius 3 is 3.17 bits per heavy atom. The second-order valence-corrected chi connectivity index (χ2v) is 6.81. The molecule has 0 radical (unpaired) electrons. The van der Waals surface area contributed by atoms with Crippen molar-refractivity contribution in [2.75, 3.05) is 19.6 Å². The van der Waals surface area contributed by atoms with Crippen LogP contribution >= 0.6 is 11.3 Å². The highest BCUT2D eigenvalue weighted by Gasteiger charge is 2.28. The molecule has 1 atom stereocenters. The number of amides is 1. The molecule has 1 N–H and O–H groups in total. The van der Waals surface area contributed by atoms with Crippen molar-refractivity contribution in [1.82, 2.24) is 24.8 Å². The first kappa shape index (κ1) is 15.3. The van der Waals surface area contributed by atoms with Crippen LogP contribution in [-0.4, -0.2) is 51.1 Å². The van der Waals surface area contributed by atoms with Crippen molar-refractivity contribution in [1.29, 1.82) is 0 Å². The molecule has 1 aliphatic rings. The topological polar surface area (TPSA) is 62.5 Å². The van der Waals surface area contributed by atoms with Gasteiger partial charge in [-0.2, -0.15) is 5.10 Å². The lowest BCUT2D eigenvalue weighted by molar-refractivity contribution is 0.0633. The SMILES string of the molecule is CCC1CNCCN1C(=O)c1cnn2c(-c3cccs3)ccnc12. The van der Waals surface area contributed by atoms with Gasteiger partial charge < -0.3 is 10.2 Å². The zero-order valence-electron chi connectivity index (χ0n) is 13.5. The Bertz CT molecular complexity index is 857. The quantitative estimate of drug-likeness (QED) is 0.794. The fourth-order valence-electron chi connectivity index (χ4n) is 3.20. The zero-order valence-corrected chi connectivity index (χ0v) is 14.3. The fraction of sp³-hybridized carbons (Fsp3) is 0.353. The molecule has 0 spiro atoms. The summed E-state index contributed by atoms with van der Waals surface area (Å²) in [5, 5.41) is 9.82. The minimum absolute atomic E-state index is 0.0224. The summed E-state index contributed by atoms with van der Waals surface area (Å²) in [5.41, 5.74) is 2.16.